The number of benzene rings is 1. The van der Waals surface area contributed by atoms with E-state index in [1.807, 2.05) is 37.3 Å². The van der Waals surface area contributed by atoms with Gasteiger partial charge >= 0.3 is 5.69 Å². The fraction of sp³-hybridized carbons (Fsp3) is 0.550. The molecular weight excluding hydrogens is 342 g/mol. The highest BCUT2D eigenvalue weighted by Crippen LogP contribution is 2.19. The van der Waals surface area contributed by atoms with Crippen molar-refractivity contribution < 1.29 is 4.84 Å². The summed E-state index contributed by atoms with van der Waals surface area (Å²) >= 11 is 0. The molecule has 2 aliphatic rings. The molecule has 4 rings (SSSR count). The quantitative estimate of drug-likeness (QED) is 0.843. The van der Waals surface area contributed by atoms with Gasteiger partial charge in [-0.1, -0.05) is 35.5 Å². The molecule has 1 N–H and O–H groups in total. The van der Waals surface area contributed by atoms with Crippen LogP contribution in [0.5, 0.6) is 0 Å². The van der Waals surface area contributed by atoms with Gasteiger partial charge in [-0.25, -0.2) is 9.48 Å². The summed E-state index contributed by atoms with van der Waals surface area (Å²) in [5.41, 5.74) is 1.95. The summed E-state index contributed by atoms with van der Waals surface area (Å²) < 4.78 is 3.37. The Kier molecular flexibility index (Phi) is 5.38. The molecular formula is C20H27N5O2. The van der Waals surface area contributed by atoms with Crippen LogP contribution >= 0.6 is 0 Å². The van der Waals surface area contributed by atoms with Crippen molar-refractivity contribution in [2.24, 2.45) is 11.1 Å². The molecule has 1 aromatic heterocycles. The molecule has 144 valence electrons. The summed E-state index contributed by atoms with van der Waals surface area (Å²) in [5.74, 6) is 1.50. The van der Waals surface area contributed by atoms with E-state index in [1.165, 1.54) is 0 Å². The minimum atomic E-state index is -0.148. The Hall–Kier alpha value is -2.41. The molecule has 1 fully saturated rings. The van der Waals surface area contributed by atoms with Crippen molar-refractivity contribution in [3.8, 4) is 0 Å². The molecule has 1 aromatic carbocycles. The van der Waals surface area contributed by atoms with Gasteiger partial charge in [-0.2, -0.15) is 5.10 Å². The lowest BCUT2D eigenvalue weighted by atomic mass is 9.94. The van der Waals surface area contributed by atoms with Crippen LogP contribution in [0.15, 0.2) is 40.3 Å². The maximum atomic E-state index is 12.8. The molecule has 0 saturated carbocycles. The van der Waals surface area contributed by atoms with Crippen LogP contribution in [0.25, 0.3) is 0 Å². The first-order chi connectivity index (χ1) is 13.2. The second kappa shape index (κ2) is 8.08. The third kappa shape index (κ3) is 3.98. The zero-order valence-electron chi connectivity index (χ0n) is 15.8. The topological polar surface area (TPSA) is 73.4 Å². The maximum absolute atomic E-state index is 12.8. The minimum absolute atomic E-state index is 0.0433. The van der Waals surface area contributed by atoms with Gasteiger partial charge in [-0.05, 0) is 44.3 Å². The average Bonchev–Trinajstić information content (AvgIpc) is 3.28. The van der Waals surface area contributed by atoms with Crippen LogP contribution in [0.4, 0.5) is 0 Å². The molecule has 7 nitrogen and oxygen atoms in total. The highest BCUT2D eigenvalue weighted by molar-refractivity contribution is 6.01. The SMILES string of the molecule is CCn1c(CC2CCNCC2)nn(C[C@@H]2CC(c3ccccc3)=NO2)c1=O. The molecule has 3 heterocycles. The van der Waals surface area contributed by atoms with Crippen LogP contribution < -0.4 is 11.0 Å². The standard InChI is InChI=1S/C20H27N5O2/c1-2-24-19(12-15-8-10-21-11-9-15)22-25(20(24)26)14-17-13-18(23-27-17)16-6-4-3-5-7-16/h3-7,15,17,21H,2,8-14H2,1H3/t17-/m0/s1. The number of piperidine rings is 1. The molecule has 27 heavy (non-hydrogen) atoms. The molecule has 0 amide bonds. The van der Waals surface area contributed by atoms with Gasteiger partial charge in [0.25, 0.3) is 0 Å². The minimum Gasteiger partial charge on any atom is -0.390 e. The Bertz CT molecular complexity index is 849. The monoisotopic (exact) mass is 369 g/mol. The zero-order valence-corrected chi connectivity index (χ0v) is 15.8. The van der Waals surface area contributed by atoms with Crippen molar-refractivity contribution in [2.45, 2.75) is 51.8 Å². The normalized spacial score (nSPS) is 20.5. The van der Waals surface area contributed by atoms with Crippen molar-refractivity contribution in [3.05, 3.63) is 52.2 Å². The van der Waals surface area contributed by atoms with Gasteiger partial charge in [0.1, 0.15) is 5.82 Å². The lowest BCUT2D eigenvalue weighted by Gasteiger charge is -2.21. The van der Waals surface area contributed by atoms with Crippen molar-refractivity contribution >= 4 is 5.71 Å². The molecule has 7 heteroatoms. The fourth-order valence-electron chi connectivity index (χ4n) is 3.94. The highest BCUT2D eigenvalue weighted by Gasteiger charge is 2.25. The van der Waals surface area contributed by atoms with Gasteiger partial charge in [0.15, 0.2) is 6.10 Å². The van der Waals surface area contributed by atoms with Gasteiger partial charge in [-0.3, -0.25) is 4.57 Å². The number of hydrogen-bond donors (Lipinski definition) is 1. The van der Waals surface area contributed by atoms with Crippen molar-refractivity contribution in [1.29, 1.82) is 0 Å². The van der Waals surface area contributed by atoms with Crippen LogP contribution in [-0.2, 0) is 24.3 Å². The average molecular weight is 369 g/mol. The first kappa shape index (κ1) is 18.0. The largest absolute Gasteiger partial charge is 0.390 e. The van der Waals surface area contributed by atoms with E-state index in [4.69, 9.17) is 4.84 Å². The van der Waals surface area contributed by atoms with Gasteiger partial charge in [0.2, 0.25) is 0 Å². The number of aromatic nitrogens is 3. The zero-order chi connectivity index (χ0) is 18.6. The number of nitrogens with zero attached hydrogens (tertiary/aromatic N) is 4. The summed E-state index contributed by atoms with van der Waals surface area (Å²) in [4.78, 5) is 18.3. The van der Waals surface area contributed by atoms with Gasteiger partial charge < -0.3 is 10.2 Å². The highest BCUT2D eigenvalue weighted by atomic mass is 16.6. The molecule has 2 aromatic rings. The van der Waals surface area contributed by atoms with Gasteiger partial charge in [0, 0.05) is 19.4 Å². The Labute approximate surface area is 159 Å². The lowest BCUT2D eigenvalue weighted by Crippen LogP contribution is -2.30. The van der Waals surface area contributed by atoms with Gasteiger partial charge in [0.05, 0.1) is 12.3 Å². The number of hydrogen-bond acceptors (Lipinski definition) is 5. The van der Waals surface area contributed by atoms with Crippen LogP contribution in [-0.4, -0.2) is 39.3 Å². The number of nitrogens with one attached hydrogen (secondary N) is 1. The van der Waals surface area contributed by atoms with Crippen LogP contribution in [0.2, 0.25) is 0 Å². The molecule has 0 spiro atoms. The molecule has 0 bridgehead atoms. The smallest absolute Gasteiger partial charge is 0.346 e. The molecule has 0 unspecified atom stereocenters. The van der Waals surface area contributed by atoms with E-state index in [0.717, 1.165) is 49.5 Å². The van der Waals surface area contributed by atoms with Crippen LogP contribution in [0, 0.1) is 5.92 Å². The molecule has 1 atom stereocenters. The van der Waals surface area contributed by atoms with Gasteiger partial charge in [-0.15, -0.1) is 0 Å². The van der Waals surface area contributed by atoms with E-state index < -0.39 is 0 Å². The summed E-state index contributed by atoms with van der Waals surface area (Å²) in [6.07, 6.45) is 3.70. The van der Waals surface area contributed by atoms with E-state index in [9.17, 15) is 4.79 Å². The van der Waals surface area contributed by atoms with Crippen molar-refractivity contribution in [1.82, 2.24) is 19.7 Å². The summed E-state index contributed by atoms with van der Waals surface area (Å²) in [7, 11) is 0. The third-order valence-corrected chi connectivity index (χ3v) is 5.46. The number of rotatable bonds is 6. The van der Waals surface area contributed by atoms with E-state index in [2.05, 4.69) is 15.6 Å². The molecule has 0 aliphatic carbocycles. The summed E-state index contributed by atoms with van der Waals surface area (Å²) in [6, 6.07) is 10.0. The second-order valence-electron chi connectivity index (χ2n) is 7.36. The Morgan fingerprint density at radius 3 is 2.74 bits per heavy atom. The Balaban J connectivity index is 1.44. The van der Waals surface area contributed by atoms with E-state index in [1.54, 1.807) is 9.25 Å². The van der Waals surface area contributed by atoms with E-state index in [-0.39, 0.29) is 11.8 Å². The predicted molar refractivity (Wildman–Crippen MR) is 104 cm³/mol. The van der Waals surface area contributed by atoms with Crippen molar-refractivity contribution in [2.75, 3.05) is 13.1 Å². The van der Waals surface area contributed by atoms with Crippen LogP contribution in [0.1, 0.15) is 37.6 Å². The number of oxime groups is 1. The van der Waals surface area contributed by atoms with E-state index >= 15 is 0 Å². The third-order valence-electron chi connectivity index (χ3n) is 5.46. The molecule has 0 radical (unpaired) electrons. The first-order valence-corrected chi connectivity index (χ1v) is 9.90. The van der Waals surface area contributed by atoms with Crippen LogP contribution in [0.3, 0.4) is 0 Å². The predicted octanol–water partition coefficient (Wildman–Crippen LogP) is 1.80. The van der Waals surface area contributed by atoms with Crippen molar-refractivity contribution in [3.63, 3.8) is 0 Å². The Morgan fingerprint density at radius 1 is 1.22 bits per heavy atom. The second-order valence-corrected chi connectivity index (χ2v) is 7.36. The lowest BCUT2D eigenvalue weighted by molar-refractivity contribution is 0.0687. The summed E-state index contributed by atoms with van der Waals surface area (Å²) in [5, 5.41) is 12.3. The first-order valence-electron chi connectivity index (χ1n) is 9.90. The van der Waals surface area contributed by atoms with E-state index in [0.29, 0.717) is 25.4 Å². The fourth-order valence-corrected chi connectivity index (χ4v) is 3.94. The maximum Gasteiger partial charge on any atom is 0.346 e. The molecule has 1 saturated heterocycles. The summed E-state index contributed by atoms with van der Waals surface area (Å²) in [6.45, 7) is 5.19. The molecule has 2 aliphatic heterocycles. The Morgan fingerprint density at radius 2 is 2.00 bits per heavy atom.